The Morgan fingerprint density at radius 1 is 1.46 bits per heavy atom. The second kappa shape index (κ2) is 3.09. The molecule has 0 aliphatic carbocycles. The van der Waals surface area contributed by atoms with E-state index in [4.69, 9.17) is 5.26 Å². The highest BCUT2D eigenvalue weighted by molar-refractivity contribution is 9.10. The van der Waals surface area contributed by atoms with E-state index >= 15 is 0 Å². The van der Waals surface area contributed by atoms with Crippen LogP contribution in [0.5, 0.6) is 0 Å². The molecule has 0 atom stereocenters. The molecule has 1 heterocycles. The van der Waals surface area contributed by atoms with Crippen LogP contribution < -0.4 is 0 Å². The fourth-order valence-electron chi connectivity index (χ4n) is 1.17. The van der Waals surface area contributed by atoms with Crippen molar-refractivity contribution >= 4 is 37.4 Å². The van der Waals surface area contributed by atoms with Crippen LogP contribution in [0.15, 0.2) is 22.0 Å². The fourth-order valence-corrected chi connectivity index (χ4v) is 2.88. The van der Waals surface area contributed by atoms with E-state index in [1.807, 2.05) is 0 Å². The lowest BCUT2D eigenvalue weighted by Gasteiger charge is -1.94. The number of fused-ring (bicyclic) bond motifs is 1. The number of thiophene rings is 1. The van der Waals surface area contributed by atoms with Crippen molar-refractivity contribution in [1.29, 1.82) is 5.26 Å². The first-order chi connectivity index (χ1) is 6.22. The first-order valence-electron chi connectivity index (χ1n) is 3.48. The molecule has 1 aromatic heterocycles. The minimum absolute atomic E-state index is 0.286. The van der Waals surface area contributed by atoms with Gasteiger partial charge in [-0.1, -0.05) is 0 Å². The second-order valence-corrected chi connectivity index (χ2v) is 4.29. The molecule has 0 aliphatic rings. The van der Waals surface area contributed by atoms with Gasteiger partial charge in [0.1, 0.15) is 11.9 Å². The van der Waals surface area contributed by atoms with Crippen molar-refractivity contribution in [1.82, 2.24) is 0 Å². The molecular weight excluding hydrogens is 253 g/mol. The third-order valence-corrected chi connectivity index (χ3v) is 3.27. The summed E-state index contributed by atoms with van der Waals surface area (Å²) in [5.41, 5.74) is 0.590. The number of halogens is 2. The first kappa shape index (κ1) is 8.67. The Bertz CT molecular complexity index is 512. The van der Waals surface area contributed by atoms with Gasteiger partial charge in [-0.15, -0.1) is 11.3 Å². The van der Waals surface area contributed by atoms with Crippen molar-refractivity contribution in [3.05, 3.63) is 33.4 Å². The van der Waals surface area contributed by atoms with Gasteiger partial charge in [-0.2, -0.15) is 5.26 Å². The number of nitriles is 1. The van der Waals surface area contributed by atoms with Crippen LogP contribution in [0, 0.1) is 17.1 Å². The fraction of sp³-hybridized carbons (Fsp3) is 0. The highest BCUT2D eigenvalue weighted by Crippen LogP contribution is 2.32. The van der Waals surface area contributed by atoms with Crippen molar-refractivity contribution in [3.63, 3.8) is 0 Å². The number of benzene rings is 1. The molecule has 0 aliphatic heterocycles. The Morgan fingerprint density at radius 2 is 2.23 bits per heavy atom. The van der Waals surface area contributed by atoms with Crippen LogP contribution in [-0.2, 0) is 0 Å². The van der Waals surface area contributed by atoms with Gasteiger partial charge in [-0.25, -0.2) is 4.39 Å². The lowest BCUT2D eigenvalue weighted by Crippen LogP contribution is -1.76. The predicted molar refractivity (Wildman–Crippen MR) is 54.2 cm³/mol. The molecule has 0 bridgehead atoms. The van der Waals surface area contributed by atoms with Gasteiger partial charge in [0.2, 0.25) is 0 Å². The molecular formula is C9H3BrFNS. The molecule has 0 N–H and O–H groups in total. The number of hydrogen-bond donors (Lipinski definition) is 0. The predicted octanol–water partition coefficient (Wildman–Crippen LogP) is 3.67. The number of rotatable bonds is 0. The standard InChI is InChI=1S/C9H3BrFNS/c10-7-1-6(11)2-8-9(7)5(3-12)4-13-8/h1-2,4H. The highest BCUT2D eigenvalue weighted by Gasteiger charge is 2.08. The van der Waals surface area contributed by atoms with Crippen LogP contribution in [0.1, 0.15) is 5.56 Å². The van der Waals surface area contributed by atoms with Gasteiger partial charge < -0.3 is 0 Å². The summed E-state index contributed by atoms with van der Waals surface area (Å²) in [4.78, 5) is 0. The zero-order chi connectivity index (χ0) is 9.42. The normalized spacial score (nSPS) is 10.2. The van der Waals surface area contributed by atoms with E-state index in [0.717, 1.165) is 10.1 Å². The molecule has 13 heavy (non-hydrogen) atoms. The second-order valence-electron chi connectivity index (χ2n) is 2.52. The van der Waals surface area contributed by atoms with Crippen molar-refractivity contribution in [2.75, 3.05) is 0 Å². The van der Waals surface area contributed by atoms with Gasteiger partial charge in [-0.05, 0) is 28.1 Å². The molecule has 0 saturated heterocycles. The minimum atomic E-state index is -0.286. The summed E-state index contributed by atoms with van der Waals surface area (Å²) in [6.07, 6.45) is 0. The summed E-state index contributed by atoms with van der Waals surface area (Å²) in [6.45, 7) is 0. The molecule has 0 spiro atoms. The van der Waals surface area contributed by atoms with Gasteiger partial charge in [0.05, 0.1) is 5.56 Å². The monoisotopic (exact) mass is 255 g/mol. The van der Waals surface area contributed by atoms with Gasteiger partial charge in [0, 0.05) is 19.9 Å². The quantitative estimate of drug-likeness (QED) is 0.705. The summed E-state index contributed by atoms with van der Waals surface area (Å²) in [6, 6.07) is 4.88. The van der Waals surface area contributed by atoms with Crippen LogP contribution in [0.4, 0.5) is 4.39 Å². The molecule has 2 aromatic rings. The van der Waals surface area contributed by atoms with Gasteiger partial charge in [-0.3, -0.25) is 0 Å². The summed E-state index contributed by atoms with van der Waals surface area (Å²) in [5, 5.41) is 11.3. The summed E-state index contributed by atoms with van der Waals surface area (Å²) < 4.78 is 14.3. The van der Waals surface area contributed by atoms with Gasteiger partial charge in [0.15, 0.2) is 0 Å². The van der Waals surface area contributed by atoms with Crippen LogP contribution in [0.3, 0.4) is 0 Å². The van der Waals surface area contributed by atoms with Crippen LogP contribution in [0.25, 0.3) is 10.1 Å². The highest BCUT2D eigenvalue weighted by atomic mass is 79.9. The Hall–Kier alpha value is -0.920. The zero-order valence-electron chi connectivity index (χ0n) is 6.34. The largest absolute Gasteiger partial charge is 0.207 e. The van der Waals surface area contributed by atoms with Crippen molar-refractivity contribution in [2.24, 2.45) is 0 Å². The molecule has 0 saturated carbocycles. The molecule has 64 valence electrons. The van der Waals surface area contributed by atoms with Gasteiger partial charge >= 0.3 is 0 Å². The van der Waals surface area contributed by atoms with E-state index in [-0.39, 0.29) is 5.82 Å². The molecule has 2 rings (SSSR count). The molecule has 1 nitrogen and oxygen atoms in total. The Labute approximate surface area is 86.5 Å². The lowest BCUT2D eigenvalue weighted by molar-refractivity contribution is 0.629. The Morgan fingerprint density at radius 3 is 2.92 bits per heavy atom. The van der Waals surface area contributed by atoms with Crippen molar-refractivity contribution in [3.8, 4) is 6.07 Å². The SMILES string of the molecule is N#Cc1csc2cc(F)cc(Br)c12. The molecule has 0 unspecified atom stereocenters. The topological polar surface area (TPSA) is 23.8 Å². The molecule has 0 amide bonds. The Kier molecular flexibility index (Phi) is 2.06. The van der Waals surface area contributed by atoms with Crippen molar-refractivity contribution in [2.45, 2.75) is 0 Å². The zero-order valence-corrected chi connectivity index (χ0v) is 8.75. The van der Waals surface area contributed by atoms with E-state index in [9.17, 15) is 4.39 Å². The maximum absolute atomic E-state index is 12.9. The van der Waals surface area contributed by atoms with Crippen LogP contribution in [0.2, 0.25) is 0 Å². The molecule has 4 heteroatoms. The van der Waals surface area contributed by atoms with Gasteiger partial charge in [0.25, 0.3) is 0 Å². The minimum Gasteiger partial charge on any atom is -0.207 e. The smallest absolute Gasteiger partial charge is 0.125 e. The van der Waals surface area contributed by atoms with Crippen LogP contribution in [-0.4, -0.2) is 0 Å². The third kappa shape index (κ3) is 1.34. The Balaban J connectivity index is 2.92. The van der Waals surface area contributed by atoms with Crippen LogP contribution >= 0.6 is 27.3 Å². The van der Waals surface area contributed by atoms with E-state index in [2.05, 4.69) is 22.0 Å². The van der Waals surface area contributed by atoms with Crippen molar-refractivity contribution < 1.29 is 4.39 Å². The third-order valence-electron chi connectivity index (χ3n) is 1.71. The number of nitrogens with zero attached hydrogens (tertiary/aromatic N) is 1. The van der Waals surface area contributed by atoms with E-state index in [1.165, 1.54) is 23.5 Å². The van der Waals surface area contributed by atoms with E-state index in [1.54, 1.807) is 5.38 Å². The summed E-state index contributed by atoms with van der Waals surface area (Å²) >= 11 is 4.61. The lowest BCUT2D eigenvalue weighted by atomic mass is 10.2. The maximum atomic E-state index is 12.9. The van der Waals surface area contributed by atoms with E-state index in [0.29, 0.717) is 10.0 Å². The number of hydrogen-bond acceptors (Lipinski definition) is 2. The summed E-state index contributed by atoms with van der Waals surface area (Å²) in [5.74, 6) is -0.286. The molecule has 1 aromatic carbocycles. The molecule has 0 radical (unpaired) electrons. The van der Waals surface area contributed by atoms with E-state index < -0.39 is 0 Å². The average Bonchev–Trinajstić information content (AvgIpc) is 2.47. The summed E-state index contributed by atoms with van der Waals surface area (Å²) in [7, 11) is 0. The first-order valence-corrected chi connectivity index (χ1v) is 5.16. The average molecular weight is 256 g/mol. The maximum Gasteiger partial charge on any atom is 0.125 e. The molecule has 0 fully saturated rings.